The summed E-state index contributed by atoms with van der Waals surface area (Å²) in [7, 11) is -9.66. The summed E-state index contributed by atoms with van der Waals surface area (Å²) in [5, 5.41) is 0. The lowest BCUT2D eigenvalue weighted by Gasteiger charge is -2.37. The van der Waals surface area contributed by atoms with Gasteiger partial charge in [-0.25, -0.2) is 0 Å². The van der Waals surface area contributed by atoms with Crippen LogP contribution in [-0.4, -0.2) is 24.8 Å². The Morgan fingerprint density at radius 3 is 1.26 bits per heavy atom. The molecule has 0 heterocycles. The molecule has 0 atom stereocenters. The van der Waals surface area contributed by atoms with E-state index in [0.29, 0.717) is 0 Å². The first kappa shape index (κ1) is 19.9. The van der Waals surface area contributed by atoms with E-state index in [2.05, 4.69) is 0 Å². The molecule has 0 unspecified atom stereocenters. The molecular formula is C9H20Cl2O6P2. The van der Waals surface area contributed by atoms with Crippen LogP contribution in [0.3, 0.4) is 0 Å². The van der Waals surface area contributed by atoms with E-state index < -0.39 is 30.2 Å². The minimum absolute atomic E-state index is 1.02. The molecule has 0 amide bonds. The molecule has 0 aromatic carbocycles. The standard InChI is InChI=1S/C9H20Cl2O6P2/c1-7(2,3)16-19(15,17-8(4,5)6)9(10,11)18(12,13)14/h1-6H3,(H2,12,13,14). The monoisotopic (exact) mass is 356 g/mol. The molecule has 0 saturated carbocycles. The van der Waals surface area contributed by atoms with Crippen molar-refractivity contribution in [2.45, 2.75) is 56.6 Å². The van der Waals surface area contributed by atoms with Crippen molar-refractivity contribution < 1.29 is 28.0 Å². The van der Waals surface area contributed by atoms with Crippen molar-refractivity contribution in [3.8, 4) is 0 Å². The fraction of sp³-hybridized carbons (Fsp3) is 1.00. The number of alkyl halides is 2. The van der Waals surface area contributed by atoms with Crippen molar-refractivity contribution in [1.29, 1.82) is 0 Å². The predicted octanol–water partition coefficient (Wildman–Crippen LogP) is 4.08. The van der Waals surface area contributed by atoms with Gasteiger partial charge in [-0.2, -0.15) is 0 Å². The van der Waals surface area contributed by atoms with Gasteiger partial charge in [0.1, 0.15) is 0 Å². The molecule has 19 heavy (non-hydrogen) atoms. The first-order chi connectivity index (χ1) is 7.91. The molecule has 0 rings (SSSR count). The predicted molar refractivity (Wildman–Crippen MR) is 75.8 cm³/mol. The summed E-state index contributed by atoms with van der Waals surface area (Å²) < 4.78 is 31.5. The second-order valence-electron chi connectivity index (χ2n) is 5.96. The third-order valence-corrected chi connectivity index (χ3v) is 8.48. The average molecular weight is 357 g/mol. The average Bonchev–Trinajstić information content (AvgIpc) is 1.92. The van der Waals surface area contributed by atoms with Crippen LogP contribution in [-0.2, 0) is 18.2 Å². The van der Waals surface area contributed by atoms with Crippen LogP contribution < -0.4 is 0 Å². The van der Waals surface area contributed by atoms with E-state index in [9.17, 15) is 18.9 Å². The maximum atomic E-state index is 12.7. The van der Waals surface area contributed by atoms with Gasteiger partial charge in [-0.3, -0.25) is 9.13 Å². The maximum absolute atomic E-state index is 12.7. The summed E-state index contributed by atoms with van der Waals surface area (Å²) in [5.74, 6) is 0. The van der Waals surface area contributed by atoms with Crippen LogP contribution in [0.5, 0.6) is 0 Å². The zero-order valence-corrected chi connectivity index (χ0v) is 15.0. The molecule has 0 fully saturated rings. The van der Waals surface area contributed by atoms with Gasteiger partial charge in [0, 0.05) is 0 Å². The second-order valence-corrected chi connectivity index (χ2v) is 12.5. The first-order valence-corrected chi connectivity index (χ1v) is 9.27. The lowest BCUT2D eigenvalue weighted by atomic mass is 10.2. The van der Waals surface area contributed by atoms with Gasteiger partial charge in [-0.05, 0) is 41.5 Å². The summed E-state index contributed by atoms with van der Waals surface area (Å²) in [6.45, 7) is 9.22. The van der Waals surface area contributed by atoms with Crippen molar-refractivity contribution in [2.24, 2.45) is 0 Å². The Labute approximate surface area is 123 Å². The Bertz CT molecular complexity index is 397. The Morgan fingerprint density at radius 2 is 1.11 bits per heavy atom. The van der Waals surface area contributed by atoms with Gasteiger partial charge < -0.3 is 18.8 Å². The van der Waals surface area contributed by atoms with E-state index in [4.69, 9.17) is 32.2 Å². The molecule has 116 valence electrons. The molecule has 10 heteroatoms. The third kappa shape index (κ3) is 5.64. The van der Waals surface area contributed by atoms with Crippen LogP contribution in [0.4, 0.5) is 0 Å². The van der Waals surface area contributed by atoms with Gasteiger partial charge in [-0.15, -0.1) is 0 Å². The normalized spacial score (nSPS) is 15.7. The molecule has 0 aliphatic heterocycles. The van der Waals surface area contributed by atoms with Crippen molar-refractivity contribution in [1.82, 2.24) is 0 Å². The van der Waals surface area contributed by atoms with E-state index in [0.717, 1.165) is 0 Å². The highest BCUT2D eigenvalue weighted by molar-refractivity contribution is 7.79. The quantitative estimate of drug-likeness (QED) is 0.582. The van der Waals surface area contributed by atoms with Crippen molar-refractivity contribution in [3.05, 3.63) is 0 Å². The van der Waals surface area contributed by atoms with E-state index >= 15 is 0 Å². The molecule has 2 N–H and O–H groups in total. The van der Waals surface area contributed by atoms with Crippen LogP contribution in [0.15, 0.2) is 0 Å². The van der Waals surface area contributed by atoms with E-state index in [-0.39, 0.29) is 0 Å². The minimum atomic E-state index is -5.14. The fourth-order valence-electron chi connectivity index (χ4n) is 1.01. The third-order valence-electron chi connectivity index (χ3n) is 1.47. The van der Waals surface area contributed by atoms with Crippen LogP contribution in [0.2, 0.25) is 0 Å². The van der Waals surface area contributed by atoms with E-state index in [1.807, 2.05) is 0 Å². The lowest BCUT2D eigenvalue weighted by Crippen LogP contribution is -2.30. The van der Waals surface area contributed by atoms with Gasteiger partial charge in [-0.1, -0.05) is 23.2 Å². The van der Waals surface area contributed by atoms with Crippen LogP contribution in [0.25, 0.3) is 0 Å². The molecule has 0 aromatic heterocycles. The number of rotatable bonds is 4. The summed E-state index contributed by atoms with van der Waals surface area (Å²) in [4.78, 5) is 18.4. The summed E-state index contributed by atoms with van der Waals surface area (Å²) in [5.41, 5.74) is -2.05. The SMILES string of the molecule is CC(C)(C)OP(=O)(OC(C)(C)C)C(Cl)(Cl)P(=O)(O)O. The lowest BCUT2D eigenvalue weighted by molar-refractivity contribution is 0.0482. The molecule has 0 spiro atoms. The molecule has 0 aromatic rings. The van der Waals surface area contributed by atoms with Gasteiger partial charge in [0.05, 0.1) is 11.2 Å². The first-order valence-electron chi connectivity index (χ1n) is 5.36. The minimum Gasteiger partial charge on any atom is -0.322 e. The van der Waals surface area contributed by atoms with E-state index in [1.54, 1.807) is 0 Å². The van der Waals surface area contributed by atoms with Crippen LogP contribution >= 0.6 is 38.4 Å². The van der Waals surface area contributed by atoms with Crippen LogP contribution in [0, 0.1) is 0 Å². The number of halogens is 2. The Morgan fingerprint density at radius 1 is 0.842 bits per heavy atom. The zero-order chi connectivity index (χ0) is 15.9. The Balaban J connectivity index is 5.80. The molecule has 0 saturated heterocycles. The number of hydrogen-bond donors (Lipinski definition) is 2. The van der Waals surface area contributed by atoms with Gasteiger partial charge in [0.25, 0.3) is 0 Å². The molecular weight excluding hydrogens is 337 g/mol. The van der Waals surface area contributed by atoms with Crippen molar-refractivity contribution in [2.75, 3.05) is 0 Å². The van der Waals surface area contributed by atoms with Gasteiger partial charge >= 0.3 is 19.0 Å². The summed E-state index contributed by atoms with van der Waals surface area (Å²) in [6, 6.07) is 0. The highest BCUT2D eigenvalue weighted by atomic mass is 35.5. The zero-order valence-electron chi connectivity index (χ0n) is 11.7. The van der Waals surface area contributed by atoms with Gasteiger partial charge in [0.15, 0.2) is 0 Å². The number of hydrogen-bond acceptors (Lipinski definition) is 4. The Kier molecular flexibility index (Phi) is 5.84. The topological polar surface area (TPSA) is 93.1 Å². The largest absolute Gasteiger partial charge is 0.380 e. The highest BCUT2D eigenvalue weighted by Gasteiger charge is 2.63. The smallest absolute Gasteiger partial charge is 0.322 e. The molecule has 0 aliphatic rings. The Hall–Kier alpha value is 0.880. The molecule has 6 nitrogen and oxygen atoms in total. The molecule has 0 radical (unpaired) electrons. The maximum Gasteiger partial charge on any atom is 0.380 e. The van der Waals surface area contributed by atoms with Crippen LogP contribution in [0.1, 0.15) is 41.5 Å². The summed E-state index contributed by atoms with van der Waals surface area (Å²) in [6.07, 6.45) is 0. The van der Waals surface area contributed by atoms with Crippen molar-refractivity contribution >= 4 is 38.4 Å². The summed E-state index contributed by atoms with van der Waals surface area (Å²) >= 11 is 11.2. The second kappa shape index (κ2) is 5.58. The van der Waals surface area contributed by atoms with Crippen molar-refractivity contribution in [3.63, 3.8) is 0 Å². The highest BCUT2D eigenvalue weighted by Crippen LogP contribution is 2.79. The molecule has 0 aliphatic carbocycles. The fourth-order valence-corrected chi connectivity index (χ4v) is 4.64. The molecule has 0 bridgehead atoms. The van der Waals surface area contributed by atoms with E-state index in [1.165, 1.54) is 41.5 Å². The van der Waals surface area contributed by atoms with Gasteiger partial charge in [0.2, 0.25) is 0 Å².